The highest BCUT2D eigenvalue weighted by Crippen LogP contribution is 2.18. The second kappa shape index (κ2) is 10.3. The molecule has 2 heterocycles. The van der Waals surface area contributed by atoms with Gasteiger partial charge in [-0.3, -0.25) is 9.89 Å². The van der Waals surface area contributed by atoms with Crippen LogP contribution in [0.3, 0.4) is 0 Å². The van der Waals surface area contributed by atoms with Crippen molar-refractivity contribution in [2.45, 2.75) is 46.2 Å². The van der Waals surface area contributed by atoms with Gasteiger partial charge >= 0.3 is 0 Å². The van der Waals surface area contributed by atoms with Gasteiger partial charge in [0.1, 0.15) is 0 Å². The second-order valence-corrected chi connectivity index (χ2v) is 9.19. The number of nitrogens with one attached hydrogen (secondary N) is 2. The molecule has 2 aliphatic rings. The van der Waals surface area contributed by atoms with E-state index in [0.29, 0.717) is 37.6 Å². The fraction of sp³-hybridized carbons (Fsp3) is 0.938. The number of hydrogen-bond acceptors (Lipinski definition) is 4. The van der Waals surface area contributed by atoms with Gasteiger partial charge in [-0.05, 0) is 33.1 Å². The third kappa shape index (κ3) is 6.51. The summed E-state index contributed by atoms with van der Waals surface area (Å²) in [5, 5.41) is 6.80. The number of aliphatic imine (C=N–C) groups is 1. The molecular weight excluding hydrogens is 453 g/mol. The molecule has 0 spiro atoms. The van der Waals surface area contributed by atoms with Crippen LogP contribution in [0.2, 0.25) is 0 Å². The Kier molecular flexibility index (Phi) is 9.41. The normalized spacial score (nSPS) is 27.5. The Labute approximate surface area is 170 Å². The van der Waals surface area contributed by atoms with Gasteiger partial charge in [0.05, 0.1) is 12.3 Å². The predicted octanol–water partition coefficient (Wildman–Crippen LogP) is 0.924. The molecule has 0 aromatic heterocycles. The van der Waals surface area contributed by atoms with E-state index in [1.54, 1.807) is 4.31 Å². The maximum Gasteiger partial charge on any atom is 0.214 e. The Morgan fingerprint density at radius 1 is 1.32 bits per heavy atom. The molecule has 0 aromatic carbocycles. The molecule has 0 aliphatic carbocycles. The first-order valence-corrected chi connectivity index (χ1v) is 10.7. The molecule has 0 amide bonds. The van der Waals surface area contributed by atoms with Crippen LogP contribution in [0.1, 0.15) is 34.1 Å². The van der Waals surface area contributed by atoms with Crippen LogP contribution >= 0.6 is 24.0 Å². The Hall–Kier alpha value is -0.130. The Balaban J connectivity index is 0.00000312. The average Bonchev–Trinajstić information content (AvgIpc) is 3.02. The van der Waals surface area contributed by atoms with Crippen molar-refractivity contribution >= 4 is 40.0 Å². The molecule has 9 heteroatoms. The van der Waals surface area contributed by atoms with E-state index < -0.39 is 10.0 Å². The highest BCUT2D eigenvalue weighted by Gasteiger charge is 2.31. The Morgan fingerprint density at radius 3 is 2.56 bits per heavy atom. The van der Waals surface area contributed by atoms with E-state index in [0.717, 1.165) is 32.0 Å². The van der Waals surface area contributed by atoms with E-state index in [1.165, 1.54) is 0 Å². The maximum absolute atomic E-state index is 11.8. The maximum atomic E-state index is 11.8. The SMILES string of the molecule is CCNC(=NCCN1CCCS1(=O)=O)NC1CN(C(C)C)CC1C.I. The first-order chi connectivity index (χ1) is 11.3. The smallest absolute Gasteiger partial charge is 0.214 e. The zero-order valence-corrected chi connectivity index (χ0v) is 19.0. The molecule has 2 aliphatic heterocycles. The number of hydrogen-bond donors (Lipinski definition) is 2. The highest BCUT2D eigenvalue weighted by molar-refractivity contribution is 14.0. The monoisotopic (exact) mass is 487 g/mol. The molecule has 0 bridgehead atoms. The summed E-state index contributed by atoms with van der Waals surface area (Å²) >= 11 is 0. The van der Waals surface area contributed by atoms with Gasteiger partial charge in [-0.1, -0.05) is 6.92 Å². The number of likely N-dealkylation sites (tertiary alicyclic amines) is 1. The van der Waals surface area contributed by atoms with E-state index in [4.69, 9.17) is 0 Å². The molecule has 0 radical (unpaired) electrons. The Morgan fingerprint density at radius 2 is 2.04 bits per heavy atom. The minimum absolute atomic E-state index is 0. The zero-order chi connectivity index (χ0) is 17.7. The van der Waals surface area contributed by atoms with Gasteiger partial charge in [0.15, 0.2) is 5.96 Å². The van der Waals surface area contributed by atoms with Crippen molar-refractivity contribution in [2.24, 2.45) is 10.9 Å². The number of rotatable bonds is 6. The zero-order valence-electron chi connectivity index (χ0n) is 15.9. The summed E-state index contributed by atoms with van der Waals surface area (Å²) in [5.41, 5.74) is 0. The molecule has 2 unspecified atom stereocenters. The quantitative estimate of drug-likeness (QED) is 0.331. The number of guanidine groups is 1. The number of halogens is 1. The lowest BCUT2D eigenvalue weighted by Crippen LogP contribution is -2.47. The van der Waals surface area contributed by atoms with Crippen LogP contribution in [0.5, 0.6) is 0 Å². The second-order valence-electron chi connectivity index (χ2n) is 7.11. The van der Waals surface area contributed by atoms with Crippen molar-refractivity contribution in [1.29, 1.82) is 0 Å². The van der Waals surface area contributed by atoms with Crippen molar-refractivity contribution in [3.8, 4) is 0 Å². The van der Waals surface area contributed by atoms with Crippen LogP contribution < -0.4 is 10.6 Å². The summed E-state index contributed by atoms with van der Waals surface area (Å²) in [5.74, 6) is 1.63. The first-order valence-electron chi connectivity index (χ1n) is 9.10. The molecule has 7 nitrogen and oxygen atoms in total. The van der Waals surface area contributed by atoms with Crippen molar-refractivity contribution in [3.05, 3.63) is 0 Å². The summed E-state index contributed by atoms with van der Waals surface area (Å²) < 4.78 is 25.2. The standard InChI is InChI=1S/C16H33N5O2S.HI/c1-5-17-16(18-7-9-21-8-6-10-24(21,22)23)19-15-12-20(13(2)3)11-14(15)4;/h13-15H,5-12H2,1-4H3,(H2,17,18,19);1H. The molecule has 25 heavy (non-hydrogen) atoms. The molecule has 0 aromatic rings. The van der Waals surface area contributed by atoms with Crippen LogP contribution in [0.25, 0.3) is 0 Å². The lowest BCUT2D eigenvalue weighted by atomic mass is 10.1. The third-order valence-corrected chi connectivity index (χ3v) is 6.82. The van der Waals surface area contributed by atoms with E-state index in [-0.39, 0.29) is 29.7 Å². The van der Waals surface area contributed by atoms with Gasteiger partial charge in [-0.2, -0.15) is 0 Å². The minimum Gasteiger partial charge on any atom is -0.357 e. The van der Waals surface area contributed by atoms with Crippen LogP contribution in [0, 0.1) is 5.92 Å². The van der Waals surface area contributed by atoms with Crippen LogP contribution in [0.4, 0.5) is 0 Å². The van der Waals surface area contributed by atoms with E-state index >= 15 is 0 Å². The van der Waals surface area contributed by atoms with Gasteiger partial charge in [0.2, 0.25) is 10.0 Å². The first kappa shape index (κ1) is 22.9. The Bertz CT molecular complexity index is 541. The molecular formula is C16H34IN5O2S. The van der Waals surface area contributed by atoms with Gasteiger partial charge in [-0.15, -0.1) is 24.0 Å². The van der Waals surface area contributed by atoms with Crippen LogP contribution in [0.15, 0.2) is 4.99 Å². The largest absolute Gasteiger partial charge is 0.357 e. The molecule has 2 N–H and O–H groups in total. The molecule has 2 fully saturated rings. The predicted molar refractivity (Wildman–Crippen MR) is 114 cm³/mol. The molecule has 2 atom stereocenters. The van der Waals surface area contributed by atoms with Crippen molar-refractivity contribution in [3.63, 3.8) is 0 Å². The summed E-state index contributed by atoms with van der Waals surface area (Å²) in [6.45, 7) is 13.3. The third-order valence-electron chi connectivity index (χ3n) is 4.86. The fourth-order valence-electron chi connectivity index (χ4n) is 3.33. The summed E-state index contributed by atoms with van der Waals surface area (Å²) in [4.78, 5) is 7.06. The number of sulfonamides is 1. The summed E-state index contributed by atoms with van der Waals surface area (Å²) in [6.07, 6.45) is 0.731. The summed E-state index contributed by atoms with van der Waals surface area (Å²) in [6, 6.07) is 0.930. The lowest BCUT2D eigenvalue weighted by molar-refractivity contribution is 0.265. The van der Waals surface area contributed by atoms with Gasteiger partial charge < -0.3 is 10.6 Å². The van der Waals surface area contributed by atoms with Gasteiger partial charge in [0.25, 0.3) is 0 Å². The molecule has 2 rings (SSSR count). The topological polar surface area (TPSA) is 77.0 Å². The average molecular weight is 487 g/mol. The molecule has 2 saturated heterocycles. The van der Waals surface area contributed by atoms with Gasteiger partial charge in [0, 0.05) is 44.8 Å². The molecule has 148 valence electrons. The molecule has 0 saturated carbocycles. The van der Waals surface area contributed by atoms with Crippen LogP contribution in [-0.2, 0) is 10.0 Å². The van der Waals surface area contributed by atoms with E-state index in [2.05, 4.69) is 41.3 Å². The van der Waals surface area contributed by atoms with Crippen LogP contribution in [-0.4, -0.2) is 80.7 Å². The minimum atomic E-state index is -3.03. The fourth-order valence-corrected chi connectivity index (χ4v) is 4.84. The van der Waals surface area contributed by atoms with Gasteiger partial charge in [-0.25, -0.2) is 12.7 Å². The van der Waals surface area contributed by atoms with Crippen molar-refractivity contribution in [1.82, 2.24) is 19.8 Å². The van der Waals surface area contributed by atoms with E-state index in [1.807, 2.05) is 6.92 Å². The lowest BCUT2D eigenvalue weighted by Gasteiger charge is -2.22. The van der Waals surface area contributed by atoms with Crippen molar-refractivity contribution in [2.75, 3.05) is 45.0 Å². The number of nitrogens with zero attached hydrogens (tertiary/aromatic N) is 3. The summed E-state index contributed by atoms with van der Waals surface area (Å²) in [7, 11) is -3.03. The van der Waals surface area contributed by atoms with Crippen molar-refractivity contribution < 1.29 is 8.42 Å². The van der Waals surface area contributed by atoms with E-state index in [9.17, 15) is 8.42 Å². The highest BCUT2D eigenvalue weighted by atomic mass is 127.